The highest BCUT2D eigenvalue weighted by atomic mass is 32.2. The average molecular weight is 337 g/mol. The third kappa shape index (κ3) is 5.06. The average Bonchev–Trinajstić information content (AvgIpc) is 2.94. The van der Waals surface area contributed by atoms with Crippen LogP contribution in [0.5, 0.6) is 0 Å². The van der Waals surface area contributed by atoms with Crippen molar-refractivity contribution < 1.29 is 9.21 Å². The van der Waals surface area contributed by atoms with E-state index >= 15 is 0 Å². The Morgan fingerprint density at radius 3 is 2.64 bits per heavy atom. The number of rotatable bonds is 7. The molecular weight excluding hydrogens is 318 g/mol. The molecule has 0 unspecified atom stereocenters. The number of amides is 1. The number of nitrogens with one attached hydrogen (secondary N) is 1. The van der Waals surface area contributed by atoms with Crippen molar-refractivity contribution in [1.29, 1.82) is 0 Å². The Balaban J connectivity index is 1.81. The lowest BCUT2D eigenvalue weighted by Crippen LogP contribution is -2.14. The maximum atomic E-state index is 11.9. The minimum atomic E-state index is -0.0908. The van der Waals surface area contributed by atoms with Crippen molar-refractivity contribution in [3.05, 3.63) is 35.7 Å². The fourth-order valence-electron chi connectivity index (χ4n) is 1.75. The second-order valence-corrected chi connectivity index (χ2v) is 6.80. The summed E-state index contributed by atoms with van der Waals surface area (Å²) in [6, 6.07) is 7.89. The maximum absolute atomic E-state index is 11.9. The van der Waals surface area contributed by atoms with Gasteiger partial charge in [0, 0.05) is 5.69 Å². The molecule has 0 saturated heterocycles. The summed E-state index contributed by atoms with van der Waals surface area (Å²) in [5.41, 5.74) is 2.04. The van der Waals surface area contributed by atoms with E-state index in [-0.39, 0.29) is 11.7 Å². The van der Waals surface area contributed by atoms with Gasteiger partial charge in [-0.3, -0.25) is 4.79 Å². The number of thioether (sulfide) groups is 2. The molecule has 0 aliphatic rings. The van der Waals surface area contributed by atoms with Crippen LogP contribution in [0.2, 0.25) is 0 Å². The predicted octanol–water partition coefficient (Wildman–Crippen LogP) is 3.79. The van der Waals surface area contributed by atoms with E-state index in [0.29, 0.717) is 22.8 Å². The summed E-state index contributed by atoms with van der Waals surface area (Å²) in [5.74, 6) is 1.90. The van der Waals surface area contributed by atoms with Gasteiger partial charge < -0.3 is 9.73 Å². The monoisotopic (exact) mass is 337 g/mol. The first-order valence-corrected chi connectivity index (χ1v) is 9.30. The fourth-order valence-corrected chi connectivity index (χ4v) is 2.70. The number of hydrogen-bond donors (Lipinski definition) is 1. The maximum Gasteiger partial charge on any atom is 0.277 e. The lowest BCUT2D eigenvalue weighted by atomic mass is 10.0. The van der Waals surface area contributed by atoms with E-state index in [1.54, 1.807) is 11.8 Å². The van der Waals surface area contributed by atoms with Crippen LogP contribution in [0.4, 0.5) is 5.69 Å². The Morgan fingerprint density at radius 2 is 2.00 bits per heavy atom. The van der Waals surface area contributed by atoms with Crippen LogP contribution >= 0.6 is 23.5 Å². The molecule has 5 nitrogen and oxygen atoms in total. The molecule has 0 aliphatic carbocycles. The van der Waals surface area contributed by atoms with Crippen molar-refractivity contribution in [2.24, 2.45) is 0 Å². The molecule has 1 heterocycles. The van der Waals surface area contributed by atoms with Gasteiger partial charge in [-0.15, -0.1) is 10.2 Å². The SMILES string of the molecule is CSCc1nnc(SCC(=O)Nc2ccc(C(C)C)cc2)o1. The molecule has 0 atom stereocenters. The zero-order valence-electron chi connectivity index (χ0n) is 12.8. The van der Waals surface area contributed by atoms with Gasteiger partial charge in [0.2, 0.25) is 11.8 Å². The Labute approximate surface area is 138 Å². The van der Waals surface area contributed by atoms with E-state index in [1.807, 2.05) is 30.5 Å². The van der Waals surface area contributed by atoms with E-state index in [4.69, 9.17) is 4.42 Å². The minimum Gasteiger partial charge on any atom is -0.415 e. The Bertz CT molecular complexity index is 612. The highest BCUT2D eigenvalue weighted by Gasteiger charge is 2.10. The molecule has 22 heavy (non-hydrogen) atoms. The number of carbonyl (C=O) groups excluding carboxylic acids is 1. The van der Waals surface area contributed by atoms with Crippen molar-refractivity contribution in [1.82, 2.24) is 10.2 Å². The van der Waals surface area contributed by atoms with Crippen LogP contribution in [-0.2, 0) is 10.5 Å². The largest absolute Gasteiger partial charge is 0.415 e. The van der Waals surface area contributed by atoms with Gasteiger partial charge in [0.25, 0.3) is 5.22 Å². The highest BCUT2D eigenvalue weighted by molar-refractivity contribution is 7.99. The molecule has 1 aromatic heterocycles. The molecule has 2 aromatic rings. The number of carbonyl (C=O) groups is 1. The molecule has 1 N–H and O–H groups in total. The molecule has 0 fully saturated rings. The van der Waals surface area contributed by atoms with Gasteiger partial charge in [-0.25, -0.2) is 0 Å². The summed E-state index contributed by atoms with van der Waals surface area (Å²) in [6.45, 7) is 4.28. The van der Waals surface area contributed by atoms with Crippen LogP contribution in [-0.4, -0.2) is 28.1 Å². The van der Waals surface area contributed by atoms with Crippen LogP contribution in [0.1, 0.15) is 31.2 Å². The molecule has 2 rings (SSSR count). The molecule has 0 spiro atoms. The molecule has 1 amide bonds. The predicted molar refractivity (Wildman–Crippen MR) is 91.4 cm³/mol. The van der Waals surface area contributed by atoms with Crippen molar-refractivity contribution >= 4 is 35.1 Å². The Kier molecular flexibility index (Phi) is 6.33. The third-order valence-electron chi connectivity index (χ3n) is 2.90. The van der Waals surface area contributed by atoms with Gasteiger partial charge in [0.15, 0.2) is 0 Å². The fraction of sp³-hybridized carbons (Fsp3) is 0.400. The van der Waals surface area contributed by atoms with E-state index in [1.165, 1.54) is 17.3 Å². The van der Waals surface area contributed by atoms with Gasteiger partial charge >= 0.3 is 0 Å². The van der Waals surface area contributed by atoms with E-state index in [2.05, 4.69) is 29.4 Å². The van der Waals surface area contributed by atoms with Crippen molar-refractivity contribution in [3.8, 4) is 0 Å². The van der Waals surface area contributed by atoms with Crippen LogP contribution in [0.3, 0.4) is 0 Å². The van der Waals surface area contributed by atoms with Crippen LogP contribution in [0, 0.1) is 0 Å². The summed E-state index contributed by atoms with van der Waals surface area (Å²) >= 11 is 2.85. The van der Waals surface area contributed by atoms with Crippen molar-refractivity contribution in [2.45, 2.75) is 30.7 Å². The van der Waals surface area contributed by atoms with Crippen LogP contribution < -0.4 is 5.32 Å². The second kappa shape index (κ2) is 8.24. The second-order valence-electron chi connectivity index (χ2n) is 5.01. The summed E-state index contributed by atoms with van der Waals surface area (Å²) in [4.78, 5) is 11.9. The zero-order chi connectivity index (χ0) is 15.9. The summed E-state index contributed by atoms with van der Waals surface area (Å²) in [6.07, 6.45) is 1.97. The van der Waals surface area contributed by atoms with Gasteiger partial charge in [-0.2, -0.15) is 11.8 Å². The zero-order valence-corrected chi connectivity index (χ0v) is 14.5. The third-order valence-corrected chi connectivity index (χ3v) is 4.26. The smallest absolute Gasteiger partial charge is 0.277 e. The minimum absolute atomic E-state index is 0.0908. The number of nitrogens with zero attached hydrogens (tertiary/aromatic N) is 2. The quantitative estimate of drug-likeness (QED) is 0.775. The number of aromatic nitrogens is 2. The van der Waals surface area contributed by atoms with Crippen LogP contribution in [0.15, 0.2) is 33.9 Å². The molecule has 0 radical (unpaired) electrons. The normalized spacial score (nSPS) is 10.9. The highest BCUT2D eigenvalue weighted by Crippen LogP contribution is 2.20. The Morgan fingerprint density at radius 1 is 1.27 bits per heavy atom. The lowest BCUT2D eigenvalue weighted by molar-refractivity contribution is -0.113. The summed E-state index contributed by atoms with van der Waals surface area (Å²) in [7, 11) is 0. The van der Waals surface area contributed by atoms with Crippen molar-refractivity contribution in [2.75, 3.05) is 17.3 Å². The van der Waals surface area contributed by atoms with Gasteiger partial charge in [0.05, 0.1) is 11.5 Å². The molecule has 0 bridgehead atoms. The molecule has 0 saturated carbocycles. The first-order valence-electron chi connectivity index (χ1n) is 6.92. The van der Waals surface area contributed by atoms with E-state index in [9.17, 15) is 4.79 Å². The first kappa shape index (κ1) is 16.9. The summed E-state index contributed by atoms with van der Waals surface area (Å²) in [5, 5.41) is 11.1. The first-order chi connectivity index (χ1) is 10.6. The number of anilines is 1. The van der Waals surface area contributed by atoms with E-state index in [0.717, 1.165) is 5.69 Å². The standard InChI is InChI=1S/C15H19N3O2S2/c1-10(2)11-4-6-12(7-5-11)16-13(19)8-22-15-18-17-14(20-15)9-21-3/h4-7,10H,8-9H2,1-3H3,(H,16,19). The van der Waals surface area contributed by atoms with Crippen LogP contribution in [0.25, 0.3) is 0 Å². The molecular formula is C15H19N3O2S2. The van der Waals surface area contributed by atoms with Gasteiger partial charge in [0.1, 0.15) is 0 Å². The molecule has 1 aromatic carbocycles. The molecule has 0 aliphatic heterocycles. The van der Waals surface area contributed by atoms with Crippen molar-refractivity contribution in [3.63, 3.8) is 0 Å². The molecule has 7 heteroatoms. The Hall–Kier alpha value is -1.47. The topological polar surface area (TPSA) is 68.0 Å². The van der Waals surface area contributed by atoms with E-state index < -0.39 is 0 Å². The summed E-state index contributed by atoms with van der Waals surface area (Å²) < 4.78 is 5.41. The van der Waals surface area contributed by atoms with Gasteiger partial charge in [-0.05, 0) is 29.9 Å². The lowest BCUT2D eigenvalue weighted by Gasteiger charge is -2.07. The molecule has 118 valence electrons. The number of hydrogen-bond acceptors (Lipinski definition) is 6. The van der Waals surface area contributed by atoms with Gasteiger partial charge in [-0.1, -0.05) is 37.7 Å². The number of benzene rings is 1.